The molecule has 0 aromatic heterocycles. The Morgan fingerprint density at radius 3 is 2.67 bits per heavy atom. The van der Waals surface area contributed by atoms with Crippen molar-refractivity contribution >= 4 is 11.9 Å². The summed E-state index contributed by atoms with van der Waals surface area (Å²) in [4.78, 5) is 22.3. The molecule has 1 atom stereocenters. The SMILES string of the molecule is C[N+](C)(C)CCOC(=O)[C@@H]1CCC(=O)N1. The molecular weight excluding hydrogens is 196 g/mol. The highest BCUT2D eigenvalue weighted by Crippen LogP contribution is 2.07. The molecule has 1 N–H and O–H groups in total. The van der Waals surface area contributed by atoms with Crippen molar-refractivity contribution in [2.24, 2.45) is 0 Å². The number of ether oxygens (including phenoxy) is 1. The summed E-state index contributed by atoms with van der Waals surface area (Å²) in [6.07, 6.45) is 0.983. The number of amides is 1. The molecule has 0 aliphatic carbocycles. The molecule has 0 aromatic rings. The van der Waals surface area contributed by atoms with Crippen molar-refractivity contribution in [2.75, 3.05) is 34.3 Å². The van der Waals surface area contributed by atoms with Crippen molar-refractivity contribution in [1.82, 2.24) is 5.32 Å². The number of quaternary nitrogens is 1. The van der Waals surface area contributed by atoms with Gasteiger partial charge in [-0.1, -0.05) is 0 Å². The number of hydrogen-bond donors (Lipinski definition) is 1. The maximum atomic E-state index is 11.4. The van der Waals surface area contributed by atoms with Gasteiger partial charge >= 0.3 is 5.97 Å². The predicted molar refractivity (Wildman–Crippen MR) is 55.0 cm³/mol. The summed E-state index contributed by atoms with van der Waals surface area (Å²) < 4.78 is 5.84. The first-order valence-electron chi connectivity index (χ1n) is 5.15. The zero-order valence-corrected chi connectivity index (χ0v) is 9.58. The molecule has 0 aromatic carbocycles. The Hall–Kier alpha value is -1.10. The maximum absolute atomic E-state index is 11.4. The normalized spacial score (nSPS) is 21.3. The molecule has 1 rings (SSSR count). The fraction of sp³-hybridized carbons (Fsp3) is 0.800. The molecule has 1 fully saturated rings. The van der Waals surface area contributed by atoms with Gasteiger partial charge in [-0.15, -0.1) is 0 Å². The standard InChI is InChI=1S/C10H18N2O3/c1-12(2,3)6-7-15-10(14)8-4-5-9(13)11-8/h8H,4-7H2,1-3H3/p+1/t8-/m0/s1. The number of rotatable bonds is 4. The van der Waals surface area contributed by atoms with Crippen LogP contribution in [0.3, 0.4) is 0 Å². The van der Waals surface area contributed by atoms with E-state index in [0.29, 0.717) is 19.4 Å². The summed E-state index contributed by atoms with van der Waals surface area (Å²) in [6.45, 7) is 1.17. The summed E-state index contributed by atoms with van der Waals surface area (Å²) in [7, 11) is 6.10. The summed E-state index contributed by atoms with van der Waals surface area (Å²) in [5.74, 6) is -0.377. The third-order valence-corrected chi connectivity index (χ3v) is 2.29. The van der Waals surface area contributed by atoms with Gasteiger partial charge in [-0.3, -0.25) is 4.79 Å². The number of carbonyl (C=O) groups is 2. The molecule has 5 nitrogen and oxygen atoms in total. The average Bonchev–Trinajstić information content (AvgIpc) is 2.49. The van der Waals surface area contributed by atoms with Crippen molar-refractivity contribution in [3.63, 3.8) is 0 Å². The van der Waals surface area contributed by atoms with Crippen molar-refractivity contribution in [2.45, 2.75) is 18.9 Å². The highest BCUT2D eigenvalue weighted by atomic mass is 16.5. The quantitative estimate of drug-likeness (QED) is 0.509. The minimum absolute atomic E-state index is 0.0662. The van der Waals surface area contributed by atoms with E-state index in [1.807, 2.05) is 21.1 Å². The Morgan fingerprint density at radius 1 is 1.53 bits per heavy atom. The van der Waals surface area contributed by atoms with Gasteiger partial charge in [0.15, 0.2) is 0 Å². The zero-order valence-electron chi connectivity index (χ0n) is 9.58. The average molecular weight is 215 g/mol. The van der Waals surface area contributed by atoms with Crippen molar-refractivity contribution < 1.29 is 18.8 Å². The number of nitrogens with zero attached hydrogens (tertiary/aromatic N) is 1. The second-order valence-corrected chi connectivity index (χ2v) is 4.84. The molecule has 1 aliphatic rings. The largest absolute Gasteiger partial charge is 0.458 e. The monoisotopic (exact) mass is 215 g/mol. The Morgan fingerprint density at radius 2 is 2.20 bits per heavy atom. The fourth-order valence-corrected chi connectivity index (χ4v) is 1.31. The first kappa shape index (κ1) is 12.0. The lowest BCUT2D eigenvalue weighted by Gasteiger charge is -2.23. The molecule has 1 aliphatic heterocycles. The van der Waals surface area contributed by atoms with Gasteiger partial charge in [0.05, 0.1) is 21.1 Å². The third-order valence-electron chi connectivity index (χ3n) is 2.29. The van der Waals surface area contributed by atoms with E-state index < -0.39 is 6.04 Å². The first-order chi connectivity index (χ1) is 6.88. The van der Waals surface area contributed by atoms with E-state index in [1.54, 1.807) is 0 Å². The van der Waals surface area contributed by atoms with Gasteiger partial charge in [0.2, 0.25) is 5.91 Å². The molecule has 86 valence electrons. The Balaban J connectivity index is 2.22. The molecule has 1 saturated heterocycles. The van der Waals surface area contributed by atoms with Gasteiger partial charge in [0.1, 0.15) is 19.2 Å². The fourth-order valence-electron chi connectivity index (χ4n) is 1.31. The van der Waals surface area contributed by atoms with Crippen molar-refractivity contribution in [1.29, 1.82) is 0 Å². The topological polar surface area (TPSA) is 55.4 Å². The lowest BCUT2D eigenvalue weighted by molar-refractivity contribution is -0.870. The van der Waals surface area contributed by atoms with Crippen LogP contribution in [0.5, 0.6) is 0 Å². The summed E-state index contributed by atoms with van der Waals surface area (Å²) in [5, 5.41) is 2.58. The molecule has 0 unspecified atom stereocenters. The Labute approximate surface area is 90.0 Å². The summed E-state index contributed by atoms with van der Waals surface area (Å²) in [6, 6.07) is -0.426. The highest BCUT2D eigenvalue weighted by Gasteiger charge is 2.28. The lowest BCUT2D eigenvalue weighted by atomic mass is 10.2. The van der Waals surface area contributed by atoms with Gasteiger partial charge in [-0.25, -0.2) is 4.79 Å². The predicted octanol–water partition coefficient (Wildman–Crippen LogP) is -0.486. The molecule has 1 amide bonds. The molecule has 0 spiro atoms. The van der Waals surface area contributed by atoms with Crippen LogP contribution in [-0.4, -0.2) is 56.7 Å². The van der Waals surface area contributed by atoms with Crippen LogP contribution in [0.25, 0.3) is 0 Å². The van der Waals surface area contributed by atoms with Crippen LogP contribution in [0.1, 0.15) is 12.8 Å². The summed E-state index contributed by atoms with van der Waals surface area (Å²) in [5.41, 5.74) is 0. The van der Waals surface area contributed by atoms with Crippen molar-refractivity contribution in [3.05, 3.63) is 0 Å². The van der Waals surface area contributed by atoms with Gasteiger partial charge < -0.3 is 14.5 Å². The van der Waals surface area contributed by atoms with Crippen LogP contribution in [0, 0.1) is 0 Å². The second-order valence-electron chi connectivity index (χ2n) is 4.84. The van der Waals surface area contributed by atoms with E-state index in [0.717, 1.165) is 11.0 Å². The molecule has 0 radical (unpaired) electrons. The van der Waals surface area contributed by atoms with Gasteiger partial charge in [0, 0.05) is 6.42 Å². The molecule has 0 bridgehead atoms. The first-order valence-corrected chi connectivity index (χ1v) is 5.15. The van der Waals surface area contributed by atoms with Crippen LogP contribution in [0.2, 0.25) is 0 Å². The molecule has 15 heavy (non-hydrogen) atoms. The lowest BCUT2D eigenvalue weighted by Crippen LogP contribution is -2.40. The van der Waals surface area contributed by atoms with Crippen LogP contribution in [-0.2, 0) is 14.3 Å². The van der Waals surface area contributed by atoms with E-state index in [9.17, 15) is 9.59 Å². The van der Waals surface area contributed by atoms with Crippen molar-refractivity contribution in [3.8, 4) is 0 Å². The maximum Gasteiger partial charge on any atom is 0.328 e. The number of nitrogens with one attached hydrogen (secondary N) is 1. The number of likely N-dealkylation sites (N-methyl/N-ethyl adjacent to an activating group) is 1. The Bertz CT molecular complexity index is 258. The third kappa shape index (κ3) is 4.29. The number of esters is 1. The van der Waals surface area contributed by atoms with Crippen LogP contribution in [0.4, 0.5) is 0 Å². The van der Waals surface area contributed by atoms with E-state index >= 15 is 0 Å². The van der Waals surface area contributed by atoms with Crippen LogP contribution < -0.4 is 5.32 Å². The minimum atomic E-state index is -0.426. The van der Waals surface area contributed by atoms with E-state index in [2.05, 4.69) is 5.32 Å². The number of hydrogen-bond acceptors (Lipinski definition) is 3. The van der Waals surface area contributed by atoms with Crippen LogP contribution >= 0.6 is 0 Å². The summed E-state index contributed by atoms with van der Waals surface area (Å²) >= 11 is 0. The second kappa shape index (κ2) is 4.61. The number of carbonyl (C=O) groups excluding carboxylic acids is 2. The minimum Gasteiger partial charge on any atom is -0.458 e. The van der Waals surface area contributed by atoms with E-state index in [-0.39, 0.29) is 11.9 Å². The van der Waals surface area contributed by atoms with Crippen LogP contribution in [0.15, 0.2) is 0 Å². The smallest absolute Gasteiger partial charge is 0.328 e. The highest BCUT2D eigenvalue weighted by molar-refractivity contribution is 5.87. The van der Waals surface area contributed by atoms with Gasteiger partial charge in [-0.2, -0.15) is 0 Å². The van der Waals surface area contributed by atoms with Gasteiger partial charge in [-0.05, 0) is 6.42 Å². The molecule has 1 heterocycles. The molecule has 5 heteroatoms. The van der Waals surface area contributed by atoms with Gasteiger partial charge in [0.25, 0.3) is 0 Å². The van der Waals surface area contributed by atoms with E-state index in [4.69, 9.17) is 4.74 Å². The molecule has 0 saturated carbocycles. The molecular formula is C10H19N2O3+. The van der Waals surface area contributed by atoms with E-state index in [1.165, 1.54) is 0 Å². The Kier molecular flexibility index (Phi) is 3.68. The zero-order chi connectivity index (χ0) is 11.5.